The summed E-state index contributed by atoms with van der Waals surface area (Å²) in [7, 11) is 0. The van der Waals surface area contributed by atoms with Gasteiger partial charge in [-0.05, 0) is 48.9 Å². The van der Waals surface area contributed by atoms with Crippen LogP contribution in [0.2, 0.25) is 0 Å². The zero-order valence-electron chi connectivity index (χ0n) is 10.7. The molecule has 0 unspecified atom stereocenters. The van der Waals surface area contributed by atoms with Gasteiger partial charge in [0.05, 0.1) is 6.26 Å². The Morgan fingerprint density at radius 1 is 1.32 bits per heavy atom. The first-order valence-electron chi connectivity index (χ1n) is 5.87. The molecule has 1 N–H and O–H groups in total. The quantitative estimate of drug-likeness (QED) is 0.834. The van der Waals surface area contributed by atoms with Gasteiger partial charge in [0.2, 0.25) is 0 Å². The highest BCUT2D eigenvalue weighted by molar-refractivity contribution is 6.02. The summed E-state index contributed by atoms with van der Waals surface area (Å²) in [4.78, 5) is 11.7. The molecule has 0 saturated carbocycles. The Balaban J connectivity index is 1.95. The number of hydrogen-bond acceptors (Lipinski definition) is 3. The van der Waals surface area contributed by atoms with Crippen LogP contribution in [0.4, 0.5) is 5.69 Å². The highest BCUT2D eigenvalue weighted by atomic mass is 16.5. The Morgan fingerprint density at radius 3 is 2.63 bits per heavy atom. The van der Waals surface area contributed by atoms with Gasteiger partial charge < -0.3 is 14.5 Å². The van der Waals surface area contributed by atoms with E-state index in [1.165, 1.54) is 6.26 Å². The summed E-state index contributed by atoms with van der Waals surface area (Å²) in [5, 5.41) is 2.73. The molecule has 0 fully saturated rings. The van der Waals surface area contributed by atoms with E-state index in [4.69, 9.17) is 9.15 Å². The maximum atomic E-state index is 11.7. The number of ether oxygens (including phenoxy) is 1. The summed E-state index contributed by atoms with van der Waals surface area (Å²) in [6.07, 6.45) is 1.46. The van der Waals surface area contributed by atoms with Crippen molar-refractivity contribution in [2.24, 2.45) is 0 Å². The molecule has 98 valence electrons. The van der Waals surface area contributed by atoms with Gasteiger partial charge in [0, 0.05) is 5.69 Å². The summed E-state index contributed by atoms with van der Waals surface area (Å²) in [5.41, 5.74) is 1.64. The van der Waals surface area contributed by atoms with Crippen molar-refractivity contribution in [1.82, 2.24) is 0 Å². The van der Waals surface area contributed by atoms with Crippen LogP contribution in [0.5, 0.6) is 5.75 Å². The average Bonchev–Trinajstić information content (AvgIpc) is 2.92. The number of amides is 1. The first-order valence-corrected chi connectivity index (χ1v) is 5.87. The van der Waals surface area contributed by atoms with Gasteiger partial charge >= 0.3 is 0 Å². The predicted molar refractivity (Wildman–Crippen MR) is 73.4 cm³/mol. The van der Waals surface area contributed by atoms with Crippen molar-refractivity contribution in [3.8, 4) is 5.75 Å². The van der Waals surface area contributed by atoms with E-state index in [1.54, 1.807) is 36.4 Å². The van der Waals surface area contributed by atoms with E-state index in [1.807, 2.05) is 6.92 Å². The molecule has 0 bridgehead atoms. The van der Waals surface area contributed by atoms with Gasteiger partial charge in [0.15, 0.2) is 5.76 Å². The number of carbonyl (C=O) groups is 1. The number of hydrogen-bond donors (Lipinski definition) is 1. The Hall–Kier alpha value is -2.49. The van der Waals surface area contributed by atoms with Crippen molar-refractivity contribution in [3.05, 3.63) is 60.6 Å². The molecule has 2 rings (SSSR count). The Bertz CT molecular complexity index is 556. The van der Waals surface area contributed by atoms with E-state index in [0.717, 1.165) is 11.3 Å². The highest BCUT2D eigenvalue weighted by Crippen LogP contribution is 2.17. The van der Waals surface area contributed by atoms with Crippen LogP contribution in [-0.2, 0) is 0 Å². The minimum atomic E-state index is -0.277. The molecule has 1 heterocycles. The lowest BCUT2D eigenvalue weighted by atomic mass is 10.3. The van der Waals surface area contributed by atoms with Crippen LogP contribution in [0.3, 0.4) is 0 Å². The highest BCUT2D eigenvalue weighted by Gasteiger charge is 2.08. The third-order valence-corrected chi connectivity index (χ3v) is 2.34. The minimum absolute atomic E-state index is 0.277. The van der Waals surface area contributed by atoms with E-state index in [0.29, 0.717) is 12.3 Å². The summed E-state index contributed by atoms with van der Waals surface area (Å²) in [6, 6.07) is 10.4. The summed E-state index contributed by atoms with van der Waals surface area (Å²) >= 11 is 0. The van der Waals surface area contributed by atoms with E-state index < -0.39 is 0 Å². The number of nitrogens with one attached hydrogen (secondary N) is 1. The third kappa shape index (κ3) is 3.74. The molecular formula is C15H15NO3. The molecule has 1 aromatic carbocycles. The fourth-order valence-electron chi connectivity index (χ4n) is 1.44. The second kappa shape index (κ2) is 5.91. The van der Waals surface area contributed by atoms with Crippen molar-refractivity contribution >= 4 is 11.6 Å². The molecule has 19 heavy (non-hydrogen) atoms. The second-order valence-corrected chi connectivity index (χ2v) is 4.20. The Labute approximate surface area is 111 Å². The van der Waals surface area contributed by atoms with Crippen LogP contribution in [0.1, 0.15) is 17.5 Å². The van der Waals surface area contributed by atoms with Gasteiger partial charge in [-0.3, -0.25) is 4.79 Å². The molecule has 0 atom stereocenters. The molecule has 0 aliphatic carbocycles. The normalized spacial score (nSPS) is 9.95. The summed E-state index contributed by atoms with van der Waals surface area (Å²) in [5.74, 6) is 0.738. The van der Waals surface area contributed by atoms with E-state index in [2.05, 4.69) is 11.9 Å². The molecule has 2 aromatic rings. The van der Waals surface area contributed by atoms with Gasteiger partial charge in [-0.1, -0.05) is 6.58 Å². The average molecular weight is 257 g/mol. The van der Waals surface area contributed by atoms with Crippen molar-refractivity contribution in [3.63, 3.8) is 0 Å². The number of carbonyl (C=O) groups excluding carboxylic acids is 1. The van der Waals surface area contributed by atoms with Crippen LogP contribution in [0.15, 0.2) is 59.2 Å². The molecule has 0 saturated heterocycles. The maximum Gasteiger partial charge on any atom is 0.291 e. The van der Waals surface area contributed by atoms with Crippen molar-refractivity contribution < 1.29 is 13.9 Å². The zero-order chi connectivity index (χ0) is 13.7. The summed E-state index contributed by atoms with van der Waals surface area (Å²) < 4.78 is 10.5. The van der Waals surface area contributed by atoms with Crippen LogP contribution in [0, 0.1) is 0 Å². The molecule has 0 spiro atoms. The monoisotopic (exact) mass is 257 g/mol. The molecule has 0 radical (unpaired) electrons. The Kier molecular flexibility index (Phi) is 4.03. The van der Waals surface area contributed by atoms with Crippen molar-refractivity contribution in [2.45, 2.75) is 6.92 Å². The SMILES string of the molecule is C=C(C)COc1ccc(NC(=O)c2ccco2)cc1. The molecular weight excluding hydrogens is 242 g/mol. The topological polar surface area (TPSA) is 51.5 Å². The van der Waals surface area contributed by atoms with Gasteiger partial charge in [-0.2, -0.15) is 0 Å². The van der Waals surface area contributed by atoms with E-state index >= 15 is 0 Å². The van der Waals surface area contributed by atoms with E-state index in [-0.39, 0.29) is 11.7 Å². The zero-order valence-corrected chi connectivity index (χ0v) is 10.7. The van der Waals surface area contributed by atoms with Crippen molar-refractivity contribution in [2.75, 3.05) is 11.9 Å². The van der Waals surface area contributed by atoms with E-state index in [9.17, 15) is 4.79 Å². The molecule has 1 amide bonds. The number of benzene rings is 1. The Morgan fingerprint density at radius 2 is 2.05 bits per heavy atom. The smallest absolute Gasteiger partial charge is 0.291 e. The second-order valence-electron chi connectivity index (χ2n) is 4.20. The minimum Gasteiger partial charge on any atom is -0.489 e. The number of furan rings is 1. The van der Waals surface area contributed by atoms with Crippen molar-refractivity contribution in [1.29, 1.82) is 0 Å². The molecule has 0 aliphatic heterocycles. The lowest BCUT2D eigenvalue weighted by Crippen LogP contribution is -2.10. The molecule has 4 heteroatoms. The van der Waals surface area contributed by atoms with Crippen LogP contribution < -0.4 is 10.1 Å². The first kappa shape index (κ1) is 13.0. The predicted octanol–water partition coefficient (Wildman–Crippen LogP) is 3.49. The largest absolute Gasteiger partial charge is 0.489 e. The molecule has 0 aliphatic rings. The molecule has 1 aromatic heterocycles. The number of anilines is 1. The third-order valence-electron chi connectivity index (χ3n) is 2.34. The fourth-order valence-corrected chi connectivity index (χ4v) is 1.44. The molecule has 4 nitrogen and oxygen atoms in total. The summed E-state index contributed by atoms with van der Waals surface area (Å²) in [6.45, 7) is 6.15. The fraction of sp³-hybridized carbons (Fsp3) is 0.133. The van der Waals surface area contributed by atoms with Gasteiger partial charge in [0.1, 0.15) is 12.4 Å². The number of rotatable bonds is 5. The lowest BCUT2D eigenvalue weighted by molar-refractivity contribution is 0.0996. The van der Waals surface area contributed by atoms with Gasteiger partial charge in [0.25, 0.3) is 5.91 Å². The van der Waals surface area contributed by atoms with Gasteiger partial charge in [-0.25, -0.2) is 0 Å². The lowest BCUT2D eigenvalue weighted by Gasteiger charge is -2.07. The maximum absolute atomic E-state index is 11.7. The first-order chi connectivity index (χ1) is 9.15. The standard InChI is InChI=1S/C15H15NO3/c1-11(2)10-19-13-7-5-12(6-8-13)16-15(17)14-4-3-9-18-14/h3-9H,1,10H2,2H3,(H,16,17). The van der Waals surface area contributed by atoms with Crippen LogP contribution >= 0.6 is 0 Å². The van der Waals surface area contributed by atoms with Gasteiger partial charge in [-0.15, -0.1) is 0 Å². The van der Waals surface area contributed by atoms with Crippen LogP contribution in [0.25, 0.3) is 0 Å². The van der Waals surface area contributed by atoms with Crippen LogP contribution in [-0.4, -0.2) is 12.5 Å².